The number of nitrogens with zero attached hydrogens (tertiary/aromatic N) is 1. The molecule has 0 amide bonds. The molecule has 0 aliphatic heterocycles. The molecule has 1 heterocycles. The molecule has 0 aliphatic carbocycles. The van der Waals surface area contributed by atoms with Gasteiger partial charge in [-0.05, 0) is 54.6 Å². The van der Waals surface area contributed by atoms with E-state index in [9.17, 15) is 9.90 Å². The monoisotopic (exact) mass is 374 g/mol. The molecule has 3 aromatic rings. The summed E-state index contributed by atoms with van der Waals surface area (Å²) in [4.78, 5) is 19.2. The molecule has 7 heteroatoms. The number of aromatic amines is 1. The Bertz CT molecular complexity index is 919. The topological polar surface area (TPSA) is 75.2 Å². The number of hydrogen-bond donors (Lipinski definition) is 2. The van der Waals surface area contributed by atoms with Crippen LogP contribution in [0, 0.1) is 0 Å². The van der Waals surface area contributed by atoms with E-state index >= 15 is 0 Å². The molecule has 0 bridgehead atoms. The van der Waals surface area contributed by atoms with Gasteiger partial charge in [-0.1, -0.05) is 29.8 Å². The molecule has 0 radical (unpaired) electrons. The van der Waals surface area contributed by atoms with Crippen molar-refractivity contribution in [2.45, 2.75) is 12.1 Å². The average Bonchev–Trinajstić information content (AvgIpc) is 2.99. The number of nitrogens with one attached hydrogen (secondary N) is 1. The van der Waals surface area contributed by atoms with Gasteiger partial charge in [-0.2, -0.15) is 0 Å². The maximum absolute atomic E-state index is 11.6. The lowest BCUT2D eigenvalue weighted by molar-refractivity contribution is -0.131. The summed E-state index contributed by atoms with van der Waals surface area (Å²) in [5, 5.41) is 10.4. The highest BCUT2D eigenvalue weighted by atomic mass is 35.5. The number of fused-ring (bicyclic) bond motifs is 1. The van der Waals surface area contributed by atoms with Crippen molar-refractivity contribution in [1.29, 1.82) is 0 Å². The van der Waals surface area contributed by atoms with Crippen molar-refractivity contribution in [2.24, 2.45) is 0 Å². The molecule has 2 aromatic carbocycles. The minimum Gasteiger partial charge on any atom is -0.492 e. The second-order valence-electron chi connectivity index (χ2n) is 5.10. The molecule has 1 aromatic heterocycles. The maximum atomic E-state index is 11.6. The number of carboxylic acid groups (broad SMARTS) is 1. The zero-order chi connectivity index (χ0) is 17.8. The lowest BCUT2D eigenvalue weighted by Gasteiger charge is -2.06. The van der Waals surface area contributed by atoms with Gasteiger partial charge in [-0.15, -0.1) is 0 Å². The van der Waals surface area contributed by atoms with Crippen LogP contribution < -0.4 is 4.74 Å². The normalized spacial score (nSPS) is 11.7. The lowest BCUT2D eigenvalue weighted by Crippen LogP contribution is -1.97. The fourth-order valence-electron chi connectivity index (χ4n) is 2.25. The molecule has 2 N–H and O–H groups in total. The highest BCUT2D eigenvalue weighted by Crippen LogP contribution is 2.30. The van der Waals surface area contributed by atoms with Crippen LogP contribution in [0.2, 0.25) is 5.02 Å². The second-order valence-corrected chi connectivity index (χ2v) is 6.54. The van der Waals surface area contributed by atoms with Gasteiger partial charge in [-0.3, -0.25) is 0 Å². The number of aromatic nitrogens is 2. The van der Waals surface area contributed by atoms with E-state index in [-0.39, 0.29) is 4.91 Å². The Labute approximate surface area is 153 Å². The lowest BCUT2D eigenvalue weighted by atomic mass is 10.2. The van der Waals surface area contributed by atoms with E-state index in [1.807, 2.05) is 31.2 Å². The third kappa shape index (κ3) is 4.15. The number of rotatable bonds is 6. The number of carboxylic acids is 1. The smallest absolute Gasteiger partial charge is 0.342 e. The van der Waals surface area contributed by atoms with Crippen LogP contribution >= 0.6 is 23.4 Å². The van der Waals surface area contributed by atoms with Gasteiger partial charge in [0.15, 0.2) is 5.16 Å². The van der Waals surface area contributed by atoms with Crippen LogP contribution in [-0.4, -0.2) is 27.7 Å². The number of ether oxygens (including phenoxy) is 1. The first-order chi connectivity index (χ1) is 12.1. The molecule has 3 rings (SSSR count). The van der Waals surface area contributed by atoms with Crippen molar-refractivity contribution >= 4 is 46.4 Å². The average molecular weight is 375 g/mol. The van der Waals surface area contributed by atoms with Gasteiger partial charge < -0.3 is 14.8 Å². The number of benzene rings is 2. The first-order valence-corrected chi connectivity index (χ1v) is 8.76. The largest absolute Gasteiger partial charge is 0.492 e. The highest BCUT2D eigenvalue weighted by molar-refractivity contribution is 8.04. The van der Waals surface area contributed by atoms with Crippen LogP contribution in [0.1, 0.15) is 12.5 Å². The predicted molar refractivity (Wildman–Crippen MR) is 100 cm³/mol. The van der Waals surface area contributed by atoms with Crippen LogP contribution in [0.4, 0.5) is 0 Å². The molecular formula is C18H15ClN2O3S. The molecule has 0 fully saturated rings. The number of imidazole rings is 1. The van der Waals surface area contributed by atoms with Crippen molar-refractivity contribution in [3.63, 3.8) is 0 Å². The first kappa shape index (κ1) is 17.4. The number of hydrogen-bond acceptors (Lipinski definition) is 4. The number of aliphatic carboxylic acids is 1. The molecule has 0 aliphatic rings. The Morgan fingerprint density at radius 3 is 2.84 bits per heavy atom. The highest BCUT2D eigenvalue weighted by Gasteiger charge is 2.13. The third-order valence-corrected chi connectivity index (χ3v) is 4.53. The zero-order valence-corrected chi connectivity index (χ0v) is 14.9. The fourth-order valence-corrected chi connectivity index (χ4v) is 3.29. The SMILES string of the molecule is CCOc1ccc(/C=C(\Sc2nc3ccccc3[nH]2)C(=O)O)cc1Cl. The molecule has 0 saturated heterocycles. The minimum atomic E-state index is -1.03. The molecule has 128 valence electrons. The Morgan fingerprint density at radius 2 is 2.16 bits per heavy atom. The number of para-hydroxylation sites is 2. The van der Waals surface area contributed by atoms with Crippen LogP contribution in [0.25, 0.3) is 17.1 Å². The van der Waals surface area contributed by atoms with E-state index in [0.29, 0.717) is 28.1 Å². The second kappa shape index (κ2) is 7.63. The summed E-state index contributed by atoms with van der Waals surface area (Å²) in [5.74, 6) is -0.460. The summed E-state index contributed by atoms with van der Waals surface area (Å²) in [6.07, 6.45) is 1.56. The van der Waals surface area contributed by atoms with Gasteiger partial charge in [0, 0.05) is 0 Å². The Balaban J connectivity index is 1.88. The van der Waals surface area contributed by atoms with E-state index in [0.717, 1.165) is 22.8 Å². The summed E-state index contributed by atoms with van der Waals surface area (Å²) >= 11 is 7.22. The summed E-state index contributed by atoms with van der Waals surface area (Å²) in [6.45, 7) is 2.38. The summed E-state index contributed by atoms with van der Waals surface area (Å²) in [6, 6.07) is 12.7. The standard InChI is InChI=1S/C18H15ClN2O3S/c1-2-24-15-8-7-11(9-12(15)19)10-16(17(22)23)25-18-20-13-5-3-4-6-14(13)21-18/h3-10H,2H2,1H3,(H,20,21)(H,22,23)/b16-10-. The van der Waals surface area contributed by atoms with E-state index in [2.05, 4.69) is 9.97 Å². The van der Waals surface area contributed by atoms with E-state index in [1.165, 1.54) is 0 Å². The molecule has 0 spiro atoms. The van der Waals surface area contributed by atoms with Gasteiger partial charge in [-0.25, -0.2) is 9.78 Å². The number of thioether (sulfide) groups is 1. The molecule has 0 saturated carbocycles. The van der Waals surface area contributed by atoms with E-state index < -0.39 is 5.97 Å². The van der Waals surface area contributed by atoms with Crippen LogP contribution in [0.15, 0.2) is 52.5 Å². The molecule has 0 unspecified atom stereocenters. The van der Waals surface area contributed by atoms with Gasteiger partial charge in [0.2, 0.25) is 0 Å². The van der Waals surface area contributed by atoms with E-state index in [4.69, 9.17) is 16.3 Å². The fraction of sp³-hybridized carbons (Fsp3) is 0.111. The number of halogens is 1. The van der Waals surface area contributed by atoms with Gasteiger partial charge >= 0.3 is 5.97 Å². The molecule has 0 atom stereocenters. The molecular weight excluding hydrogens is 360 g/mol. The molecule has 5 nitrogen and oxygen atoms in total. The zero-order valence-electron chi connectivity index (χ0n) is 13.3. The van der Waals surface area contributed by atoms with Gasteiger partial charge in [0.25, 0.3) is 0 Å². The summed E-state index contributed by atoms with van der Waals surface area (Å²) in [5.41, 5.74) is 2.33. The van der Waals surface area contributed by atoms with Crippen molar-refractivity contribution in [1.82, 2.24) is 9.97 Å². The number of H-pyrrole nitrogens is 1. The summed E-state index contributed by atoms with van der Waals surface area (Å²) in [7, 11) is 0. The van der Waals surface area contributed by atoms with Crippen LogP contribution in [0.3, 0.4) is 0 Å². The Hall–Kier alpha value is -2.44. The first-order valence-electron chi connectivity index (χ1n) is 7.56. The minimum absolute atomic E-state index is 0.138. The van der Waals surface area contributed by atoms with Gasteiger partial charge in [0.05, 0.1) is 22.7 Å². The van der Waals surface area contributed by atoms with E-state index in [1.54, 1.807) is 24.3 Å². The van der Waals surface area contributed by atoms with Crippen molar-refractivity contribution < 1.29 is 14.6 Å². The third-order valence-electron chi connectivity index (χ3n) is 3.34. The predicted octanol–water partition coefficient (Wildman–Crippen LogP) is 4.83. The Morgan fingerprint density at radius 1 is 1.36 bits per heavy atom. The van der Waals surface area contributed by atoms with Crippen LogP contribution in [-0.2, 0) is 4.79 Å². The van der Waals surface area contributed by atoms with Crippen molar-refractivity contribution in [3.8, 4) is 5.75 Å². The van der Waals surface area contributed by atoms with Gasteiger partial charge in [0.1, 0.15) is 10.7 Å². The van der Waals surface area contributed by atoms with Crippen molar-refractivity contribution in [3.05, 3.63) is 58.0 Å². The summed E-state index contributed by atoms with van der Waals surface area (Å²) < 4.78 is 5.38. The van der Waals surface area contributed by atoms with Crippen LogP contribution in [0.5, 0.6) is 5.75 Å². The van der Waals surface area contributed by atoms with Crippen molar-refractivity contribution in [2.75, 3.05) is 6.61 Å². The Kier molecular flexibility index (Phi) is 5.31. The maximum Gasteiger partial charge on any atom is 0.342 e. The molecule has 25 heavy (non-hydrogen) atoms. The quantitative estimate of drug-likeness (QED) is 0.477. The number of carbonyl (C=O) groups is 1.